The number of nitrogens with one attached hydrogen (secondary N) is 3. The van der Waals surface area contributed by atoms with E-state index in [0.717, 1.165) is 25.9 Å². The first kappa shape index (κ1) is 24.1. The van der Waals surface area contributed by atoms with Gasteiger partial charge in [0.2, 0.25) is 5.91 Å². The Labute approximate surface area is 214 Å². The van der Waals surface area contributed by atoms with Crippen molar-refractivity contribution < 1.29 is 9.59 Å². The zero-order valence-electron chi connectivity index (χ0n) is 20.2. The molecule has 1 saturated heterocycles. The van der Waals surface area contributed by atoms with E-state index in [0.29, 0.717) is 40.2 Å². The van der Waals surface area contributed by atoms with E-state index < -0.39 is 0 Å². The summed E-state index contributed by atoms with van der Waals surface area (Å²) in [5.74, 6) is 1.73. The molecule has 2 unspecified atom stereocenters. The van der Waals surface area contributed by atoms with E-state index in [4.69, 9.17) is 11.1 Å². The first-order valence-corrected chi connectivity index (χ1v) is 12.1. The second-order valence-corrected chi connectivity index (χ2v) is 9.38. The molecule has 0 radical (unpaired) electrons. The van der Waals surface area contributed by atoms with E-state index in [1.165, 1.54) is 12.4 Å². The number of aromatic nitrogens is 3. The van der Waals surface area contributed by atoms with E-state index in [1.807, 2.05) is 4.90 Å². The van der Waals surface area contributed by atoms with Gasteiger partial charge in [-0.25, -0.2) is 15.0 Å². The number of nitrogens with zero attached hydrogens (tertiary/aromatic N) is 4. The summed E-state index contributed by atoms with van der Waals surface area (Å²) in [6, 6.07) is 12.2. The second kappa shape index (κ2) is 10.2. The maximum Gasteiger partial charge on any atom is 0.256 e. The first-order chi connectivity index (χ1) is 17.9. The maximum absolute atomic E-state index is 12.5. The summed E-state index contributed by atoms with van der Waals surface area (Å²) in [5, 5.41) is 15.1. The third kappa shape index (κ3) is 5.04. The standard InChI is InChI=1S/C27H28N8O2/c1-2-22(36)35-13-18-11-20(12-19(18)14-35)33-26-23(25(29)31-15-32-26)24(28)16-6-8-17(9-7-16)27(37)34-21-5-3-4-10-30-21/h2-10,15,18-20,28H,1,11-14H2,(H,30,34,37)(H3,29,31,32,33). The van der Waals surface area contributed by atoms with Crippen LogP contribution in [0.3, 0.4) is 0 Å². The summed E-state index contributed by atoms with van der Waals surface area (Å²) in [6.07, 6.45) is 6.18. The molecule has 1 aliphatic heterocycles. The lowest BCUT2D eigenvalue weighted by Gasteiger charge is -2.20. The molecular formula is C27H28N8O2. The van der Waals surface area contributed by atoms with Gasteiger partial charge in [0.25, 0.3) is 5.91 Å². The number of hydrogen-bond acceptors (Lipinski definition) is 8. The quantitative estimate of drug-likeness (QED) is 0.290. The van der Waals surface area contributed by atoms with Crippen molar-refractivity contribution in [3.05, 3.63) is 84.3 Å². The summed E-state index contributed by atoms with van der Waals surface area (Å²) in [6.45, 7) is 5.06. The molecule has 2 aliphatic rings. The molecule has 0 bridgehead atoms. The predicted octanol–water partition coefficient (Wildman–Crippen LogP) is 2.96. The van der Waals surface area contributed by atoms with Crippen LogP contribution in [0.15, 0.2) is 67.6 Å². The second-order valence-electron chi connectivity index (χ2n) is 9.38. The fraction of sp³-hybridized carbons (Fsp3) is 0.259. The van der Waals surface area contributed by atoms with Crippen molar-refractivity contribution in [2.75, 3.05) is 29.5 Å². The van der Waals surface area contributed by atoms with Gasteiger partial charge in [-0.05, 0) is 55.0 Å². The van der Waals surface area contributed by atoms with E-state index in [1.54, 1.807) is 48.7 Å². The van der Waals surface area contributed by atoms with E-state index >= 15 is 0 Å². The van der Waals surface area contributed by atoms with E-state index in [-0.39, 0.29) is 29.4 Å². The molecule has 10 heteroatoms. The fourth-order valence-electron chi connectivity index (χ4n) is 5.23. The Bertz CT molecular complexity index is 1330. The van der Waals surface area contributed by atoms with Gasteiger partial charge in [0.1, 0.15) is 23.8 Å². The summed E-state index contributed by atoms with van der Waals surface area (Å²) in [7, 11) is 0. The lowest BCUT2D eigenvalue weighted by molar-refractivity contribution is -0.125. The molecule has 3 aromatic rings. The van der Waals surface area contributed by atoms with Gasteiger partial charge in [-0.1, -0.05) is 24.8 Å². The van der Waals surface area contributed by atoms with Crippen LogP contribution in [0.25, 0.3) is 0 Å². The highest BCUT2D eigenvalue weighted by molar-refractivity contribution is 6.16. The molecule has 3 heterocycles. The number of pyridine rings is 1. The first-order valence-electron chi connectivity index (χ1n) is 12.1. The Kier molecular flexibility index (Phi) is 6.63. The van der Waals surface area contributed by atoms with Crippen LogP contribution in [0.4, 0.5) is 17.5 Å². The lowest BCUT2D eigenvalue weighted by atomic mass is 10.0. The Balaban J connectivity index is 1.28. The molecule has 1 aromatic carbocycles. The minimum atomic E-state index is -0.290. The number of nitrogen functional groups attached to an aromatic ring is 1. The molecule has 2 atom stereocenters. The highest BCUT2D eigenvalue weighted by atomic mass is 16.2. The zero-order valence-corrected chi connectivity index (χ0v) is 20.2. The van der Waals surface area contributed by atoms with Crippen molar-refractivity contribution in [2.45, 2.75) is 18.9 Å². The van der Waals surface area contributed by atoms with Crippen LogP contribution in [0.1, 0.15) is 34.3 Å². The topological polar surface area (TPSA) is 150 Å². The number of amides is 2. The smallest absolute Gasteiger partial charge is 0.256 e. The van der Waals surface area contributed by atoms with Crippen LogP contribution in [0.5, 0.6) is 0 Å². The zero-order chi connectivity index (χ0) is 25.9. The van der Waals surface area contributed by atoms with Crippen molar-refractivity contribution in [3.63, 3.8) is 0 Å². The lowest BCUT2D eigenvalue weighted by Crippen LogP contribution is -2.30. The van der Waals surface area contributed by atoms with Crippen LogP contribution in [0.2, 0.25) is 0 Å². The number of nitrogens with two attached hydrogens (primary N) is 1. The summed E-state index contributed by atoms with van der Waals surface area (Å²) in [5.41, 5.74) is 7.82. The third-order valence-electron chi connectivity index (χ3n) is 7.05. The average Bonchev–Trinajstić information content (AvgIpc) is 3.47. The van der Waals surface area contributed by atoms with Crippen LogP contribution in [0, 0.1) is 17.2 Å². The number of carbonyl (C=O) groups is 2. The number of likely N-dealkylation sites (tertiary alicyclic amines) is 1. The number of anilines is 3. The monoisotopic (exact) mass is 496 g/mol. The van der Waals surface area contributed by atoms with Crippen LogP contribution in [-0.2, 0) is 4.79 Å². The molecule has 2 fully saturated rings. The minimum absolute atomic E-state index is 0.0153. The minimum Gasteiger partial charge on any atom is -0.383 e. The molecule has 37 heavy (non-hydrogen) atoms. The van der Waals surface area contributed by atoms with Crippen molar-refractivity contribution in [1.29, 1.82) is 5.41 Å². The molecule has 0 spiro atoms. The van der Waals surface area contributed by atoms with Gasteiger partial charge in [-0.15, -0.1) is 0 Å². The molecule has 188 valence electrons. The molecule has 10 nitrogen and oxygen atoms in total. The van der Waals surface area contributed by atoms with Crippen molar-refractivity contribution in [1.82, 2.24) is 19.9 Å². The van der Waals surface area contributed by atoms with Gasteiger partial charge in [-0.3, -0.25) is 15.0 Å². The van der Waals surface area contributed by atoms with Gasteiger partial charge >= 0.3 is 0 Å². The Hall–Kier alpha value is -4.60. The summed E-state index contributed by atoms with van der Waals surface area (Å²) < 4.78 is 0. The highest BCUT2D eigenvalue weighted by Gasteiger charge is 2.42. The average molecular weight is 497 g/mol. The molecule has 5 N–H and O–H groups in total. The highest BCUT2D eigenvalue weighted by Crippen LogP contribution is 2.39. The van der Waals surface area contributed by atoms with Crippen LogP contribution >= 0.6 is 0 Å². The normalized spacial score (nSPS) is 20.2. The van der Waals surface area contributed by atoms with Crippen LogP contribution in [-0.4, -0.2) is 56.5 Å². The molecule has 2 amide bonds. The van der Waals surface area contributed by atoms with Gasteiger partial charge in [0, 0.05) is 36.5 Å². The van der Waals surface area contributed by atoms with Crippen molar-refractivity contribution in [3.8, 4) is 0 Å². The molecule has 1 aliphatic carbocycles. The molecular weight excluding hydrogens is 468 g/mol. The Morgan fingerprint density at radius 1 is 1.03 bits per heavy atom. The van der Waals surface area contributed by atoms with Crippen molar-refractivity contribution in [2.24, 2.45) is 11.8 Å². The maximum atomic E-state index is 12.5. The number of rotatable bonds is 7. The van der Waals surface area contributed by atoms with E-state index in [9.17, 15) is 9.59 Å². The Morgan fingerprint density at radius 2 is 1.73 bits per heavy atom. The van der Waals surface area contributed by atoms with Crippen LogP contribution < -0.4 is 16.4 Å². The number of carbonyl (C=O) groups excluding carboxylic acids is 2. The Morgan fingerprint density at radius 3 is 2.38 bits per heavy atom. The van der Waals surface area contributed by atoms with Gasteiger partial charge in [0.15, 0.2) is 0 Å². The number of benzene rings is 1. The molecule has 2 aromatic heterocycles. The third-order valence-corrected chi connectivity index (χ3v) is 7.05. The van der Waals surface area contributed by atoms with Gasteiger partial charge < -0.3 is 21.3 Å². The van der Waals surface area contributed by atoms with Gasteiger partial charge in [-0.2, -0.15) is 0 Å². The predicted molar refractivity (Wildman–Crippen MR) is 141 cm³/mol. The van der Waals surface area contributed by atoms with Gasteiger partial charge in [0.05, 0.1) is 11.3 Å². The molecule has 5 rings (SSSR count). The summed E-state index contributed by atoms with van der Waals surface area (Å²) in [4.78, 5) is 39.0. The van der Waals surface area contributed by atoms with E-state index in [2.05, 4.69) is 32.2 Å². The fourth-order valence-corrected chi connectivity index (χ4v) is 5.23. The summed E-state index contributed by atoms with van der Waals surface area (Å²) >= 11 is 0. The number of hydrogen-bond donors (Lipinski definition) is 4. The molecule has 1 saturated carbocycles. The van der Waals surface area contributed by atoms with Crippen molar-refractivity contribution >= 4 is 35.0 Å². The SMILES string of the molecule is C=CC(=O)N1CC2CC(Nc3ncnc(N)c3C(=N)c3ccc(C(=O)Nc4ccccn4)cc3)CC2C1. The number of fused-ring (bicyclic) bond motifs is 1. The largest absolute Gasteiger partial charge is 0.383 e.